The lowest BCUT2D eigenvalue weighted by molar-refractivity contribution is -0.753. The third-order valence-corrected chi connectivity index (χ3v) is 8.79. The number of aliphatic carboxylic acids is 1. The minimum atomic E-state index is -4.51. The number of methoxy groups -OCH3 is 2. The Balaban J connectivity index is 2.66. The molecule has 0 heterocycles. The fraction of sp³-hybridized carbons (Fsp3) is 0.481. The van der Waals surface area contributed by atoms with E-state index in [0.717, 1.165) is 5.56 Å². The molecule has 11 heteroatoms. The van der Waals surface area contributed by atoms with Crippen molar-refractivity contribution in [3.8, 4) is 11.5 Å². The summed E-state index contributed by atoms with van der Waals surface area (Å²) in [6, 6.07) is 9.15. The minimum Gasteiger partial charge on any atom is -0.493 e. The van der Waals surface area contributed by atoms with Crippen molar-refractivity contribution in [2.24, 2.45) is 11.7 Å². The van der Waals surface area contributed by atoms with E-state index in [9.17, 15) is 23.1 Å². The van der Waals surface area contributed by atoms with Crippen LogP contribution in [0.1, 0.15) is 45.1 Å². The Hall–Kier alpha value is -3.15. The number of nitrogen functional groups attached to an aromatic ring is 1. The minimum absolute atomic E-state index is 0.0183. The number of carbonyl (C=O) groups is 2. The molecule has 0 saturated carbocycles. The number of carboxylic acids is 1. The maximum Gasteiger partial charge on any atom is 0.364 e. The standard InChI is InChI=1S/C27H39N3O7S/c1-19(2)18-30(23(27(32)33)7-5-6-16-28,38(34,35)22-12-10-21(29)11-13-22)26(31)15-9-20-8-14-24(36-3)25(17-20)37-4/h8,10-14,17,19,23H,5-7,9,15-16,18,28-29H2,1-4H3/p+1/t23-,30?/m0/s1. The van der Waals surface area contributed by atoms with Crippen LogP contribution < -0.4 is 20.9 Å². The zero-order valence-corrected chi connectivity index (χ0v) is 23.4. The lowest BCUT2D eigenvalue weighted by Gasteiger charge is -2.40. The van der Waals surface area contributed by atoms with Gasteiger partial charge in [-0.25, -0.2) is 9.59 Å². The number of amides is 1. The number of hydrogen-bond donors (Lipinski definition) is 3. The second kappa shape index (κ2) is 13.6. The number of sulfonamides is 1. The van der Waals surface area contributed by atoms with E-state index in [-0.39, 0.29) is 36.6 Å². The third kappa shape index (κ3) is 6.83. The van der Waals surface area contributed by atoms with Crippen molar-refractivity contribution in [2.45, 2.75) is 56.9 Å². The summed E-state index contributed by atoms with van der Waals surface area (Å²) in [5.41, 5.74) is 12.5. The van der Waals surface area contributed by atoms with Crippen molar-refractivity contribution in [1.82, 2.24) is 0 Å². The largest absolute Gasteiger partial charge is 0.493 e. The first-order valence-electron chi connectivity index (χ1n) is 12.6. The van der Waals surface area contributed by atoms with Crippen LogP contribution in [0.5, 0.6) is 11.5 Å². The van der Waals surface area contributed by atoms with Gasteiger partial charge >= 0.3 is 21.9 Å². The number of anilines is 1. The van der Waals surface area contributed by atoms with E-state index in [1.807, 2.05) is 0 Å². The Morgan fingerprint density at radius 3 is 2.16 bits per heavy atom. The molecule has 0 spiro atoms. The summed E-state index contributed by atoms with van der Waals surface area (Å²) in [7, 11) is -1.50. The highest BCUT2D eigenvalue weighted by molar-refractivity contribution is 7.86. The number of nitrogens with two attached hydrogens (primary N) is 2. The van der Waals surface area contributed by atoms with Gasteiger partial charge in [-0.05, 0) is 67.8 Å². The smallest absolute Gasteiger partial charge is 0.364 e. The van der Waals surface area contributed by atoms with E-state index in [4.69, 9.17) is 20.9 Å². The molecule has 5 N–H and O–H groups in total. The number of rotatable bonds is 15. The van der Waals surface area contributed by atoms with Gasteiger partial charge in [-0.15, -0.1) is 3.89 Å². The molecular formula is C27H40N3O7S+. The molecule has 0 saturated heterocycles. The average molecular weight is 551 g/mol. The molecule has 0 aromatic heterocycles. The molecule has 2 aromatic rings. The van der Waals surface area contributed by atoms with Crippen molar-refractivity contribution in [2.75, 3.05) is 33.0 Å². The van der Waals surface area contributed by atoms with Gasteiger partial charge in [0.05, 0.1) is 20.6 Å². The number of ether oxygens (including phenoxy) is 2. The van der Waals surface area contributed by atoms with Crippen LogP contribution in [-0.2, 0) is 26.0 Å². The van der Waals surface area contributed by atoms with Crippen molar-refractivity contribution in [3.05, 3.63) is 48.0 Å². The fourth-order valence-electron chi connectivity index (χ4n) is 4.64. The number of hydrogen-bond acceptors (Lipinski definition) is 8. The van der Waals surface area contributed by atoms with E-state index in [1.165, 1.54) is 38.5 Å². The average Bonchev–Trinajstić information content (AvgIpc) is 2.88. The Morgan fingerprint density at radius 1 is 1.00 bits per heavy atom. The first-order valence-corrected chi connectivity index (χ1v) is 14.0. The van der Waals surface area contributed by atoms with Crippen LogP contribution in [0.2, 0.25) is 0 Å². The highest BCUT2D eigenvalue weighted by Crippen LogP contribution is 2.35. The van der Waals surface area contributed by atoms with Crippen molar-refractivity contribution in [3.63, 3.8) is 0 Å². The summed E-state index contributed by atoms with van der Waals surface area (Å²) in [4.78, 5) is 26.7. The molecule has 10 nitrogen and oxygen atoms in total. The normalized spacial score (nSPS) is 14.1. The summed E-state index contributed by atoms with van der Waals surface area (Å²) >= 11 is 0. The van der Waals surface area contributed by atoms with Gasteiger partial charge in [0.15, 0.2) is 11.5 Å². The lowest BCUT2D eigenvalue weighted by atomic mass is 10.0. The van der Waals surface area contributed by atoms with Crippen molar-refractivity contribution < 1.29 is 36.5 Å². The molecule has 2 aromatic carbocycles. The Morgan fingerprint density at radius 2 is 1.63 bits per heavy atom. The zero-order valence-electron chi connectivity index (χ0n) is 22.6. The van der Waals surface area contributed by atoms with Gasteiger partial charge in [0.2, 0.25) is 6.04 Å². The second-order valence-corrected chi connectivity index (χ2v) is 11.7. The Bertz CT molecular complexity index is 1200. The first-order chi connectivity index (χ1) is 17.9. The quantitative estimate of drug-likeness (QED) is 0.172. The molecule has 210 valence electrons. The third-order valence-electron chi connectivity index (χ3n) is 6.46. The van der Waals surface area contributed by atoms with E-state index < -0.39 is 31.8 Å². The van der Waals surface area contributed by atoms with Gasteiger partial charge < -0.3 is 26.0 Å². The van der Waals surface area contributed by atoms with Crippen LogP contribution in [0.15, 0.2) is 47.4 Å². The SMILES string of the molecule is COc1ccc(CCC(=O)[N+](CC(C)C)([C@@H](CCCCN)C(=O)O)S(=O)(=O)c2ccc(N)cc2)cc1OC. The predicted molar refractivity (Wildman–Crippen MR) is 145 cm³/mol. The van der Waals surface area contributed by atoms with E-state index in [1.54, 1.807) is 32.0 Å². The van der Waals surface area contributed by atoms with Gasteiger partial charge in [-0.2, -0.15) is 8.42 Å². The second-order valence-electron chi connectivity index (χ2n) is 9.64. The molecule has 0 fully saturated rings. The molecule has 0 aliphatic rings. The van der Waals surface area contributed by atoms with Gasteiger partial charge in [0.1, 0.15) is 11.4 Å². The molecule has 2 atom stereocenters. The summed E-state index contributed by atoms with van der Waals surface area (Å²) in [6.45, 7) is 3.67. The van der Waals surface area contributed by atoms with Crippen molar-refractivity contribution >= 4 is 27.6 Å². The highest BCUT2D eigenvalue weighted by atomic mass is 32.2. The number of carbonyl (C=O) groups excluding carboxylic acids is 1. The molecule has 0 aliphatic carbocycles. The van der Waals surface area contributed by atoms with Crippen LogP contribution in [-0.4, -0.2) is 62.6 Å². The lowest BCUT2D eigenvalue weighted by Crippen LogP contribution is -2.66. The molecule has 2 rings (SSSR count). The van der Waals surface area contributed by atoms with Crippen molar-refractivity contribution in [1.29, 1.82) is 0 Å². The van der Waals surface area contributed by atoms with Gasteiger partial charge in [-0.3, -0.25) is 0 Å². The number of nitrogens with zero attached hydrogens (tertiary/aromatic N) is 1. The maximum absolute atomic E-state index is 14.3. The van der Waals surface area contributed by atoms with Gasteiger partial charge in [-0.1, -0.05) is 19.9 Å². The number of benzene rings is 2. The summed E-state index contributed by atoms with van der Waals surface area (Å²) in [5, 5.41) is 10.3. The molecule has 0 bridgehead atoms. The summed E-state index contributed by atoms with van der Waals surface area (Å²) in [5.74, 6) is -1.35. The Kier molecular flexibility index (Phi) is 11.1. The monoisotopic (exact) mass is 550 g/mol. The maximum atomic E-state index is 14.3. The highest BCUT2D eigenvalue weighted by Gasteiger charge is 2.58. The van der Waals surface area contributed by atoms with E-state index >= 15 is 0 Å². The van der Waals surface area contributed by atoms with E-state index in [0.29, 0.717) is 36.6 Å². The molecule has 0 radical (unpaired) electrons. The van der Waals surface area contributed by atoms with Crippen LogP contribution in [0, 0.1) is 5.92 Å². The molecule has 38 heavy (non-hydrogen) atoms. The van der Waals surface area contributed by atoms with E-state index in [2.05, 4.69) is 0 Å². The van der Waals surface area contributed by atoms with Gasteiger partial charge in [0, 0.05) is 18.0 Å². The van der Waals surface area contributed by atoms with Crippen LogP contribution in [0.25, 0.3) is 0 Å². The number of aryl methyl sites for hydroxylation is 1. The summed E-state index contributed by atoms with van der Waals surface area (Å²) < 4.78 is 38.0. The number of carboxylic acid groups (broad SMARTS) is 1. The predicted octanol–water partition coefficient (Wildman–Crippen LogP) is 3.19. The molecular weight excluding hydrogens is 510 g/mol. The summed E-state index contributed by atoms with van der Waals surface area (Å²) in [6.07, 6.45) is 0.843. The number of quaternary nitrogens is 1. The Labute approximate surface area is 225 Å². The molecule has 1 amide bonds. The molecule has 0 aliphatic heterocycles. The van der Waals surface area contributed by atoms with Gasteiger partial charge in [0.25, 0.3) is 0 Å². The topological polar surface area (TPSA) is 159 Å². The number of unbranched alkanes of at least 4 members (excludes halogenated alkanes) is 1. The van der Waals surface area contributed by atoms with Crippen LogP contribution in [0.4, 0.5) is 5.69 Å². The molecule has 1 unspecified atom stereocenters. The first kappa shape index (κ1) is 31.1. The zero-order chi connectivity index (χ0) is 28.5. The van der Waals surface area contributed by atoms with Crippen LogP contribution in [0.3, 0.4) is 0 Å². The van der Waals surface area contributed by atoms with Crippen LogP contribution >= 0.6 is 0 Å². The fourth-order valence-corrected chi connectivity index (χ4v) is 6.88.